The number of nitrogens with one attached hydrogen (secondary N) is 2. The molecular formula is C21H19N5OS. The fraction of sp³-hybridized carbons (Fsp3) is 0.333. The van der Waals surface area contributed by atoms with Crippen LogP contribution in [0.25, 0.3) is 11.1 Å². The average molecular weight is 389 g/mol. The standard InChI is InChI=1S/C21H19N5OS/c1-21(18(14-3-4-14)19(27)26(2)20(24)25-21)17-8-16(11-28-17)15-6-12(9-22)5-13(7-15)10-23/h5-8,11,14,18H,3-4H2,1-2H3,(H2,24,25)/t18?,21-/m1/s1. The smallest absolute Gasteiger partial charge is 0.235 e. The molecule has 2 N–H and O–H groups in total. The van der Waals surface area contributed by atoms with E-state index in [-0.39, 0.29) is 17.8 Å². The summed E-state index contributed by atoms with van der Waals surface area (Å²) in [5.74, 6) is 0.218. The van der Waals surface area contributed by atoms with E-state index in [4.69, 9.17) is 5.41 Å². The van der Waals surface area contributed by atoms with Crippen LogP contribution in [-0.2, 0) is 10.3 Å². The molecule has 1 amide bonds. The van der Waals surface area contributed by atoms with E-state index in [0.717, 1.165) is 28.8 Å². The van der Waals surface area contributed by atoms with Crippen LogP contribution in [-0.4, -0.2) is 23.8 Å². The molecule has 1 saturated heterocycles. The molecule has 1 aliphatic carbocycles. The third-order valence-corrected chi connectivity index (χ3v) is 6.83. The summed E-state index contributed by atoms with van der Waals surface area (Å²) in [6, 6.07) is 11.3. The maximum Gasteiger partial charge on any atom is 0.235 e. The molecular weight excluding hydrogens is 370 g/mol. The number of carbonyl (C=O) groups excluding carboxylic acids is 1. The number of carbonyl (C=O) groups is 1. The van der Waals surface area contributed by atoms with E-state index in [9.17, 15) is 15.3 Å². The molecule has 1 aromatic carbocycles. The molecule has 1 saturated carbocycles. The van der Waals surface area contributed by atoms with E-state index in [1.807, 2.05) is 18.4 Å². The van der Waals surface area contributed by atoms with Crippen LogP contribution in [0.15, 0.2) is 29.6 Å². The Morgan fingerprint density at radius 3 is 2.39 bits per heavy atom. The minimum Gasteiger partial charge on any atom is -0.345 e. The van der Waals surface area contributed by atoms with Crippen molar-refractivity contribution in [3.8, 4) is 23.3 Å². The van der Waals surface area contributed by atoms with Gasteiger partial charge in [-0.15, -0.1) is 11.3 Å². The molecule has 1 unspecified atom stereocenters. The Labute approximate surface area is 167 Å². The minimum atomic E-state index is -0.643. The molecule has 28 heavy (non-hydrogen) atoms. The summed E-state index contributed by atoms with van der Waals surface area (Å²) in [5.41, 5.74) is 1.95. The monoisotopic (exact) mass is 389 g/mol. The molecule has 140 valence electrons. The molecule has 2 aliphatic rings. The number of hydrogen-bond donors (Lipinski definition) is 2. The number of benzene rings is 1. The Hall–Kier alpha value is -3.16. The zero-order valence-corrected chi connectivity index (χ0v) is 16.4. The first-order valence-electron chi connectivity index (χ1n) is 9.06. The summed E-state index contributed by atoms with van der Waals surface area (Å²) < 4.78 is 0. The first-order valence-corrected chi connectivity index (χ1v) is 9.94. The van der Waals surface area contributed by atoms with Gasteiger partial charge in [0.2, 0.25) is 5.91 Å². The highest BCUT2D eigenvalue weighted by Crippen LogP contribution is 2.49. The second-order valence-electron chi connectivity index (χ2n) is 7.61. The largest absolute Gasteiger partial charge is 0.345 e. The van der Waals surface area contributed by atoms with Gasteiger partial charge in [-0.2, -0.15) is 10.5 Å². The topological polar surface area (TPSA) is 104 Å². The number of guanidine groups is 1. The van der Waals surface area contributed by atoms with Crippen LogP contribution < -0.4 is 5.32 Å². The zero-order chi connectivity index (χ0) is 20.1. The lowest BCUT2D eigenvalue weighted by Gasteiger charge is -2.45. The van der Waals surface area contributed by atoms with Gasteiger partial charge in [0.05, 0.1) is 34.7 Å². The summed E-state index contributed by atoms with van der Waals surface area (Å²) >= 11 is 1.54. The molecule has 7 heteroatoms. The van der Waals surface area contributed by atoms with E-state index in [0.29, 0.717) is 17.0 Å². The molecule has 2 heterocycles. The van der Waals surface area contributed by atoms with Crippen LogP contribution in [0.2, 0.25) is 0 Å². The Morgan fingerprint density at radius 2 is 1.82 bits per heavy atom. The minimum absolute atomic E-state index is 0.0121. The fourth-order valence-electron chi connectivity index (χ4n) is 3.97. The van der Waals surface area contributed by atoms with Crippen LogP contribution in [0.5, 0.6) is 0 Å². The van der Waals surface area contributed by atoms with Gasteiger partial charge in [0.15, 0.2) is 5.96 Å². The zero-order valence-electron chi connectivity index (χ0n) is 15.6. The summed E-state index contributed by atoms with van der Waals surface area (Å²) in [4.78, 5) is 15.3. The molecule has 1 aromatic heterocycles. The second kappa shape index (κ2) is 6.47. The Morgan fingerprint density at radius 1 is 1.18 bits per heavy atom. The number of thiophene rings is 1. The van der Waals surface area contributed by atoms with Crippen molar-refractivity contribution in [3.05, 3.63) is 45.6 Å². The Kier molecular flexibility index (Phi) is 4.21. The lowest BCUT2D eigenvalue weighted by molar-refractivity contribution is -0.136. The van der Waals surface area contributed by atoms with Gasteiger partial charge in [-0.3, -0.25) is 15.1 Å². The summed E-state index contributed by atoms with van der Waals surface area (Å²) in [7, 11) is 1.64. The molecule has 0 bridgehead atoms. The first-order chi connectivity index (χ1) is 13.4. The van der Waals surface area contributed by atoms with Gasteiger partial charge in [0.25, 0.3) is 0 Å². The van der Waals surface area contributed by atoms with Gasteiger partial charge >= 0.3 is 0 Å². The highest BCUT2D eigenvalue weighted by atomic mass is 32.1. The number of amides is 1. The number of nitrogens with zero attached hydrogens (tertiary/aromatic N) is 3. The van der Waals surface area contributed by atoms with Gasteiger partial charge < -0.3 is 5.32 Å². The van der Waals surface area contributed by atoms with Crippen molar-refractivity contribution in [2.75, 3.05) is 7.05 Å². The summed E-state index contributed by atoms with van der Waals surface area (Å²) in [6.07, 6.45) is 2.06. The second-order valence-corrected chi connectivity index (χ2v) is 8.52. The van der Waals surface area contributed by atoms with Gasteiger partial charge in [0.1, 0.15) is 0 Å². The van der Waals surface area contributed by atoms with Crippen LogP contribution in [0.3, 0.4) is 0 Å². The Bertz CT molecular complexity index is 1040. The van der Waals surface area contributed by atoms with Gasteiger partial charge in [-0.05, 0) is 66.5 Å². The van der Waals surface area contributed by atoms with E-state index in [1.54, 1.807) is 25.2 Å². The number of hydrogen-bond acceptors (Lipinski definition) is 5. The van der Waals surface area contributed by atoms with Crippen molar-refractivity contribution < 1.29 is 4.79 Å². The summed E-state index contributed by atoms with van der Waals surface area (Å²) in [5, 5.41) is 31.9. The van der Waals surface area contributed by atoms with E-state index >= 15 is 0 Å². The maximum absolute atomic E-state index is 12.9. The van der Waals surface area contributed by atoms with Gasteiger partial charge in [-0.25, -0.2) is 0 Å². The molecule has 0 radical (unpaired) electrons. The number of nitriles is 2. The summed E-state index contributed by atoms with van der Waals surface area (Å²) in [6.45, 7) is 2.00. The predicted octanol–water partition coefficient (Wildman–Crippen LogP) is 3.40. The quantitative estimate of drug-likeness (QED) is 0.839. The van der Waals surface area contributed by atoms with E-state index in [2.05, 4.69) is 17.5 Å². The lowest BCUT2D eigenvalue weighted by Crippen LogP contribution is -2.64. The van der Waals surface area contributed by atoms with Gasteiger partial charge in [0, 0.05) is 11.9 Å². The Balaban J connectivity index is 1.76. The van der Waals surface area contributed by atoms with Crippen molar-refractivity contribution in [2.45, 2.75) is 25.3 Å². The molecule has 1 aliphatic heterocycles. The van der Waals surface area contributed by atoms with Crippen molar-refractivity contribution in [1.82, 2.24) is 10.2 Å². The van der Waals surface area contributed by atoms with Crippen LogP contribution in [0.4, 0.5) is 0 Å². The van der Waals surface area contributed by atoms with Crippen LogP contribution in [0.1, 0.15) is 35.8 Å². The van der Waals surface area contributed by atoms with Crippen molar-refractivity contribution >= 4 is 23.2 Å². The molecule has 4 rings (SSSR count). The molecule has 2 fully saturated rings. The SMILES string of the molecule is CN1C(=N)N[C@](C)(c2cc(-c3cc(C#N)cc(C#N)c3)cs2)C(C2CC2)C1=O. The highest BCUT2D eigenvalue weighted by Gasteiger charge is 2.54. The van der Waals surface area contributed by atoms with Crippen molar-refractivity contribution in [1.29, 1.82) is 15.9 Å². The van der Waals surface area contributed by atoms with Crippen molar-refractivity contribution in [3.63, 3.8) is 0 Å². The lowest BCUT2D eigenvalue weighted by atomic mass is 9.78. The number of rotatable bonds is 3. The van der Waals surface area contributed by atoms with Crippen LogP contribution >= 0.6 is 11.3 Å². The molecule has 0 spiro atoms. The van der Waals surface area contributed by atoms with Gasteiger partial charge in [-0.1, -0.05) is 0 Å². The van der Waals surface area contributed by atoms with Crippen molar-refractivity contribution in [2.24, 2.45) is 11.8 Å². The third kappa shape index (κ3) is 2.85. The molecule has 2 aromatic rings. The van der Waals surface area contributed by atoms with E-state index in [1.165, 1.54) is 16.2 Å². The average Bonchev–Trinajstić information content (AvgIpc) is 3.38. The third-order valence-electron chi connectivity index (χ3n) is 5.66. The van der Waals surface area contributed by atoms with E-state index < -0.39 is 5.54 Å². The molecule has 2 atom stereocenters. The predicted molar refractivity (Wildman–Crippen MR) is 106 cm³/mol. The molecule has 6 nitrogen and oxygen atoms in total. The normalized spacial score (nSPS) is 24.4. The maximum atomic E-state index is 12.9. The first kappa shape index (κ1) is 18.2. The highest BCUT2D eigenvalue weighted by molar-refractivity contribution is 7.10. The fourth-order valence-corrected chi connectivity index (χ4v) is 5.05. The van der Waals surface area contributed by atoms with Crippen LogP contribution in [0, 0.1) is 39.9 Å².